The van der Waals surface area contributed by atoms with Crippen LogP contribution in [0.5, 0.6) is 5.75 Å². The van der Waals surface area contributed by atoms with E-state index < -0.39 is 6.10 Å². The molecule has 0 saturated heterocycles. The summed E-state index contributed by atoms with van der Waals surface area (Å²) < 4.78 is 5.69. The van der Waals surface area contributed by atoms with Crippen LogP contribution in [0, 0.1) is 13.8 Å². The zero-order valence-electron chi connectivity index (χ0n) is 12.9. The van der Waals surface area contributed by atoms with E-state index >= 15 is 0 Å². The van der Waals surface area contributed by atoms with Crippen molar-refractivity contribution in [2.45, 2.75) is 33.4 Å². The largest absolute Gasteiger partial charge is 0.481 e. The number of rotatable bonds is 5. The Bertz CT molecular complexity index is 636. The van der Waals surface area contributed by atoms with E-state index in [-0.39, 0.29) is 5.91 Å². The molecule has 1 amide bonds. The summed E-state index contributed by atoms with van der Waals surface area (Å²) in [5, 5.41) is 3.53. The van der Waals surface area contributed by atoms with Gasteiger partial charge in [-0.15, -0.1) is 0 Å². The van der Waals surface area contributed by atoms with Crippen molar-refractivity contribution in [1.29, 1.82) is 0 Å². The van der Waals surface area contributed by atoms with Gasteiger partial charge in [-0.3, -0.25) is 9.78 Å². The van der Waals surface area contributed by atoms with E-state index in [1.807, 2.05) is 44.2 Å². The maximum absolute atomic E-state index is 12.1. The van der Waals surface area contributed by atoms with Crippen LogP contribution in [0.1, 0.15) is 23.7 Å². The summed E-state index contributed by atoms with van der Waals surface area (Å²) in [5.74, 6) is 0.454. The van der Waals surface area contributed by atoms with Crippen molar-refractivity contribution >= 4 is 17.5 Å². The van der Waals surface area contributed by atoms with E-state index in [9.17, 15) is 4.79 Å². The van der Waals surface area contributed by atoms with Crippen molar-refractivity contribution < 1.29 is 9.53 Å². The Balaban J connectivity index is 1.94. The fourth-order valence-electron chi connectivity index (χ4n) is 2.06. The molecule has 1 aromatic heterocycles. The average Bonchev–Trinajstić information content (AvgIpc) is 2.51. The van der Waals surface area contributed by atoms with Gasteiger partial charge in [-0.05, 0) is 56.2 Å². The number of ether oxygens (including phenoxy) is 1. The molecule has 0 radical (unpaired) electrons. The number of hydrogen-bond donors (Lipinski definition) is 1. The van der Waals surface area contributed by atoms with Crippen LogP contribution in [0.25, 0.3) is 0 Å². The molecule has 0 aliphatic heterocycles. The Morgan fingerprint density at radius 2 is 2.00 bits per heavy atom. The minimum Gasteiger partial charge on any atom is -0.481 e. The molecule has 0 fully saturated rings. The number of benzene rings is 1. The third-order valence-corrected chi connectivity index (χ3v) is 3.86. The maximum Gasteiger partial charge on any atom is 0.261 e. The molecule has 2 aromatic rings. The molecule has 1 heterocycles. The van der Waals surface area contributed by atoms with Crippen LogP contribution in [0.15, 0.2) is 36.5 Å². The Labute approximate surface area is 135 Å². The first-order chi connectivity index (χ1) is 10.5. The number of carbonyl (C=O) groups excluding carboxylic acids is 1. The quantitative estimate of drug-likeness (QED) is 0.918. The molecule has 5 heteroatoms. The Morgan fingerprint density at radius 1 is 1.32 bits per heavy atom. The molecular weight excluding hydrogens is 300 g/mol. The van der Waals surface area contributed by atoms with Crippen LogP contribution < -0.4 is 10.1 Å². The van der Waals surface area contributed by atoms with Gasteiger partial charge in [-0.25, -0.2) is 0 Å². The van der Waals surface area contributed by atoms with E-state index in [0.717, 1.165) is 21.8 Å². The second kappa shape index (κ2) is 7.27. The lowest BCUT2D eigenvalue weighted by atomic mass is 10.1. The van der Waals surface area contributed by atoms with E-state index in [0.29, 0.717) is 12.3 Å². The molecule has 1 N–H and O–H groups in total. The highest BCUT2D eigenvalue weighted by Crippen LogP contribution is 2.26. The molecule has 0 bridgehead atoms. The van der Waals surface area contributed by atoms with Crippen molar-refractivity contribution in [2.24, 2.45) is 0 Å². The second-order valence-electron chi connectivity index (χ2n) is 5.17. The van der Waals surface area contributed by atoms with Gasteiger partial charge in [0.2, 0.25) is 0 Å². The Hall–Kier alpha value is -2.07. The SMILES string of the molecule is Cc1cc(O[C@@H](C)C(=O)NCc2ccccn2)cc(C)c1Cl. The number of halogens is 1. The molecule has 22 heavy (non-hydrogen) atoms. The highest BCUT2D eigenvalue weighted by molar-refractivity contribution is 6.32. The standard InChI is InChI=1S/C17H19ClN2O2/c1-11-8-15(9-12(2)16(11)18)22-13(3)17(21)20-10-14-6-4-5-7-19-14/h4-9,13H,10H2,1-3H3,(H,20,21)/t13-/m0/s1. The van der Waals surface area contributed by atoms with Crippen LogP contribution in [0.2, 0.25) is 5.02 Å². The summed E-state index contributed by atoms with van der Waals surface area (Å²) >= 11 is 6.12. The first kappa shape index (κ1) is 16.3. The maximum atomic E-state index is 12.1. The summed E-state index contributed by atoms with van der Waals surface area (Å²) in [6, 6.07) is 9.24. The topological polar surface area (TPSA) is 51.2 Å². The number of carbonyl (C=O) groups is 1. The van der Waals surface area contributed by atoms with Gasteiger partial charge in [-0.1, -0.05) is 17.7 Å². The first-order valence-corrected chi connectivity index (χ1v) is 7.46. The minimum absolute atomic E-state index is 0.184. The number of nitrogens with zero attached hydrogens (tertiary/aromatic N) is 1. The minimum atomic E-state index is -0.594. The number of nitrogens with one attached hydrogen (secondary N) is 1. The molecule has 1 aromatic carbocycles. The highest BCUT2D eigenvalue weighted by atomic mass is 35.5. The molecule has 4 nitrogen and oxygen atoms in total. The lowest BCUT2D eigenvalue weighted by molar-refractivity contribution is -0.127. The Morgan fingerprint density at radius 3 is 2.59 bits per heavy atom. The summed E-state index contributed by atoms with van der Waals surface area (Å²) in [7, 11) is 0. The molecule has 0 unspecified atom stereocenters. The first-order valence-electron chi connectivity index (χ1n) is 7.08. The van der Waals surface area contributed by atoms with Crippen molar-refractivity contribution in [2.75, 3.05) is 0 Å². The summed E-state index contributed by atoms with van der Waals surface area (Å²) in [6.07, 6.45) is 1.10. The zero-order valence-corrected chi connectivity index (χ0v) is 13.6. The van der Waals surface area contributed by atoms with Crippen LogP contribution in [0.3, 0.4) is 0 Å². The summed E-state index contributed by atoms with van der Waals surface area (Å²) in [5.41, 5.74) is 2.66. The van der Waals surface area contributed by atoms with Crippen LogP contribution in [0.4, 0.5) is 0 Å². The predicted octanol–water partition coefficient (Wildman–Crippen LogP) is 3.44. The van der Waals surface area contributed by atoms with Crippen LogP contribution in [-0.4, -0.2) is 17.0 Å². The van der Waals surface area contributed by atoms with Crippen LogP contribution in [-0.2, 0) is 11.3 Å². The molecule has 0 saturated carbocycles. The van der Waals surface area contributed by atoms with E-state index in [4.69, 9.17) is 16.3 Å². The van der Waals surface area contributed by atoms with Gasteiger partial charge < -0.3 is 10.1 Å². The number of hydrogen-bond acceptors (Lipinski definition) is 3. The number of pyridine rings is 1. The fourth-order valence-corrected chi connectivity index (χ4v) is 2.17. The van der Waals surface area contributed by atoms with Crippen LogP contribution >= 0.6 is 11.6 Å². The van der Waals surface area contributed by atoms with E-state index in [1.165, 1.54) is 0 Å². The lowest BCUT2D eigenvalue weighted by Gasteiger charge is -2.16. The zero-order chi connectivity index (χ0) is 16.1. The third-order valence-electron chi connectivity index (χ3n) is 3.26. The second-order valence-corrected chi connectivity index (χ2v) is 5.55. The monoisotopic (exact) mass is 318 g/mol. The van der Waals surface area contributed by atoms with Crippen molar-refractivity contribution in [3.8, 4) is 5.75 Å². The lowest BCUT2D eigenvalue weighted by Crippen LogP contribution is -2.36. The molecular formula is C17H19ClN2O2. The van der Waals surface area contributed by atoms with Gasteiger partial charge in [0.15, 0.2) is 6.10 Å². The number of aromatic nitrogens is 1. The summed E-state index contributed by atoms with van der Waals surface area (Å²) in [4.78, 5) is 16.2. The van der Waals surface area contributed by atoms with Crippen molar-refractivity contribution in [3.05, 3.63) is 58.4 Å². The van der Waals surface area contributed by atoms with Gasteiger partial charge in [0, 0.05) is 11.2 Å². The van der Waals surface area contributed by atoms with Crippen molar-refractivity contribution in [3.63, 3.8) is 0 Å². The predicted molar refractivity (Wildman–Crippen MR) is 87.1 cm³/mol. The molecule has 116 valence electrons. The molecule has 0 spiro atoms. The fraction of sp³-hybridized carbons (Fsp3) is 0.294. The van der Waals surface area contributed by atoms with E-state index in [2.05, 4.69) is 10.3 Å². The smallest absolute Gasteiger partial charge is 0.261 e. The van der Waals surface area contributed by atoms with E-state index in [1.54, 1.807) is 13.1 Å². The molecule has 2 rings (SSSR count). The van der Waals surface area contributed by atoms with Gasteiger partial charge in [0.05, 0.1) is 12.2 Å². The third kappa shape index (κ3) is 4.21. The Kier molecular flexibility index (Phi) is 5.39. The number of aryl methyl sites for hydroxylation is 2. The van der Waals surface area contributed by atoms with Gasteiger partial charge >= 0.3 is 0 Å². The number of amides is 1. The molecule has 0 aliphatic rings. The van der Waals surface area contributed by atoms with Gasteiger partial charge in [0.1, 0.15) is 5.75 Å². The summed E-state index contributed by atoms with van der Waals surface area (Å²) in [6.45, 7) is 5.92. The normalized spacial score (nSPS) is 11.8. The van der Waals surface area contributed by atoms with Gasteiger partial charge in [0.25, 0.3) is 5.91 Å². The highest BCUT2D eigenvalue weighted by Gasteiger charge is 2.15. The van der Waals surface area contributed by atoms with Crippen molar-refractivity contribution in [1.82, 2.24) is 10.3 Å². The van der Waals surface area contributed by atoms with Gasteiger partial charge in [-0.2, -0.15) is 0 Å². The average molecular weight is 319 g/mol. The molecule has 0 aliphatic carbocycles. The molecule has 1 atom stereocenters.